The van der Waals surface area contributed by atoms with Gasteiger partial charge in [-0.2, -0.15) is 0 Å². The Labute approximate surface area is 207 Å². The predicted molar refractivity (Wildman–Crippen MR) is 137 cm³/mol. The lowest BCUT2D eigenvalue weighted by Crippen LogP contribution is -2.49. The van der Waals surface area contributed by atoms with Crippen molar-refractivity contribution < 1.29 is 14.6 Å². The van der Waals surface area contributed by atoms with Crippen LogP contribution in [0.15, 0.2) is 71.2 Å². The lowest BCUT2D eigenvalue weighted by atomic mass is 10.2. The van der Waals surface area contributed by atoms with Gasteiger partial charge in [-0.15, -0.1) is 11.3 Å². The maximum Gasteiger partial charge on any atom is 0.263 e. The molecule has 0 saturated carbocycles. The van der Waals surface area contributed by atoms with Crippen molar-refractivity contribution in [3.63, 3.8) is 0 Å². The maximum atomic E-state index is 12.9. The molecular formula is C23H24ClN5O3S2. The fraction of sp³-hybridized carbons (Fsp3) is 0.217. The summed E-state index contributed by atoms with van der Waals surface area (Å²) < 4.78 is 29.8. The van der Waals surface area contributed by atoms with E-state index in [2.05, 4.69) is 14.6 Å². The third-order valence-electron chi connectivity index (χ3n) is 5.82. The summed E-state index contributed by atoms with van der Waals surface area (Å²) in [5, 5.41) is 3.72. The van der Waals surface area contributed by atoms with Gasteiger partial charge in [0.25, 0.3) is 10.0 Å². The number of aromatic nitrogens is 2. The summed E-state index contributed by atoms with van der Waals surface area (Å²) in [6, 6.07) is 14.5. The predicted octanol–water partition coefficient (Wildman–Crippen LogP) is 4.15. The number of benzene rings is 2. The number of carbonyl (C=O) groups is 1. The van der Waals surface area contributed by atoms with E-state index in [-0.39, 0.29) is 18.8 Å². The molecule has 11 heteroatoms. The van der Waals surface area contributed by atoms with E-state index >= 15 is 0 Å². The molecule has 0 atom stereocenters. The van der Waals surface area contributed by atoms with Gasteiger partial charge in [0.15, 0.2) is 5.13 Å². The van der Waals surface area contributed by atoms with Crippen LogP contribution in [0.5, 0.6) is 0 Å². The van der Waals surface area contributed by atoms with Crippen LogP contribution >= 0.6 is 22.9 Å². The smallest absolute Gasteiger partial charge is 0.263 e. The van der Waals surface area contributed by atoms with Gasteiger partial charge in [0.2, 0.25) is 5.91 Å². The fourth-order valence-electron chi connectivity index (χ4n) is 4.05. The summed E-state index contributed by atoms with van der Waals surface area (Å²) >= 11 is 7.35. The molecule has 0 bridgehead atoms. The number of halogens is 1. The van der Waals surface area contributed by atoms with Gasteiger partial charge >= 0.3 is 0 Å². The first-order valence-electron chi connectivity index (χ1n) is 10.7. The number of thiazole rings is 1. The van der Waals surface area contributed by atoms with Crippen LogP contribution in [0.1, 0.15) is 1.43 Å². The third-order valence-corrected chi connectivity index (χ3v) is 8.21. The zero-order valence-electron chi connectivity index (χ0n) is 18.1. The van der Waals surface area contributed by atoms with Crippen molar-refractivity contribution in [2.45, 2.75) is 11.4 Å². The van der Waals surface area contributed by atoms with Crippen LogP contribution in [0.25, 0.3) is 10.9 Å². The summed E-state index contributed by atoms with van der Waals surface area (Å²) in [5.74, 6) is 0.0427. The van der Waals surface area contributed by atoms with Crippen LogP contribution in [0.2, 0.25) is 5.02 Å². The van der Waals surface area contributed by atoms with Crippen LogP contribution in [-0.4, -0.2) is 55.0 Å². The monoisotopic (exact) mass is 517 g/mol. The van der Waals surface area contributed by atoms with Gasteiger partial charge < -0.3 is 14.4 Å². The Kier molecular flexibility index (Phi) is 6.20. The molecule has 1 fully saturated rings. The molecular weight excluding hydrogens is 494 g/mol. The van der Waals surface area contributed by atoms with Crippen molar-refractivity contribution in [3.8, 4) is 0 Å². The van der Waals surface area contributed by atoms with Crippen molar-refractivity contribution in [2.24, 2.45) is 0 Å². The Hall–Kier alpha value is -3.08. The molecule has 178 valence electrons. The average Bonchev–Trinajstić information content (AvgIpc) is 3.49. The maximum absolute atomic E-state index is 12.9. The first-order chi connectivity index (χ1) is 16.4. The largest absolute Gasteiger partial charge is 0.368 e. The highest BCUT2D eigenvalue weighted by atomic mass is 35.5. The second kappa shape index (κ2) is 9.28. The molecule has 5 rings (SSSR count). The number of amides is 1. The zero-order valence-corrected chi connectivity index (χ0v) is 20.5. The molecule has 2 aromatic carbocycles. The molecule has 4 aromatic rings. The molecule has 2 aromatic heterocycles. The molecule has 1 N–H and O–H groups in total. The lowest BCUT2D eigenvalue weighted by Gasteiger charge is -2.36. The Morgan fingerprint density at radius 1 is 1.12 bits per heavy atom. The van der Waals surface area contributed by atoms with Crippen molar-refractivity contribution >= 4 is 60.6 Å². The van der Waals surface area contributed by atoms with Gasteiger partial charge in [-0.3, -0.25) is 9.52 Å². The van der Waals surface area contributed by atoms with Crippen LogP contribution in [0.3, 0.4) is 0 Å². The van der Waals surface area contributed by atoms with Crippen LogP contribution in [0.4, 0.5) is 10.8 Å². The van der Waals surface area contributed by atoms with E-state index in [9.17, 15) is 13.2 Å². The first kappa shape index (κ1) is 22.7. The first-order valence-corrected chi connectivity index (χ1v) is 13.4. The number of carbonyl (C=O) groups excluding carboxylic acids is 1. The Morgan fingerprint density at radius 3 is 2.71 bits per heavy atom. The van der Waals surface area contributed by atoms with Crippen LogP contribution in [0, 0.1) is 0 Å². The van der Waals surface area contributed by atoms with Gasteiger partial charge in [0.05, 0.1) is 4.90 Å². The van der Waals surface area contributed by atoms with Gasteiger partial charge in [0, 0.05) is 61.6 Å². The molecule has 1 amide bonds. The SMILES string of the molecule is O=C(Cn1ccc2ccc(Cl)cc21)N1CCN(c2cccc(S(=O)(=O)Nc3nccs3)c2)CC1.[HH]. The van der Waals surface area contributed by atoms with Crippen LogP contribution in [-0.2, 0) is 21.4 Å². The van der Waals surface area contributed by atoms with Crippen molar-refractivity contribution in [1.29, 1.82) is 0 Å². The molecule has 1 saturated heterocycles. The molecule has 8 nitrogen and oxygen atoms in total. The molecule has 0 unspecified atom stereocenters. The number of piperazine rings is 1. The standard InChI is InChI=1S/C23H22ClN5O3S2.H2/c24-18-5-4-17-6-8-29(21(17)14-18)16-22(30)28-11-9-27(10-12-28)19-2-1-3-20(15-19)34(31,32)26-23-25-7-13-33-23;/h1-8,13-15H,9-12,16H2,(H,25,26);1H. The number of nitrogens with zero attached hydrogens (tertiary/aromatic N) is 4. The normalized spacial score (nSPS) is 14.5. The minimum atomic E-state index is -3.72. The van der Waals surface area contributed by atoms with Crippen LogP contribution < -0.4 is 9.62 Å². The molecule has 0 spiro atoms. The molecule has 3 heterocycles. The van der Waals surface area contributed by atoms with E-state index in [1.807, 2.05) is 46.0 Å². The minimum absolute atomic E-state index is 0. The molecule has 1 aliphatic heterocycles. The van der Waals surface area contributed by atoms with Gasteiger partial charge in [-0.1, -0.05) is 23.7 Å². The molecule has 34 heavy (non-hydrogen) atoms. The highest BCUT2D eigenvalue weighted by molar-refractivity contribution is 7.93. The summed E-state index contributed by atoms with van der Waals surface area (Å²) in [7, 11) is -3.72. The van der Waals surface area contributed by atoms with Gasteiger partial charge in [0.1, 0.15) is 6.54 Å². The number of fused-ring (bicyclic) bond motifs is 1. The zero-order chi connectivity index (χ0) is 23.7. The highest BCUT2D eigenvalue weighted by Crippen LogP contribution is 2.24. The Balaban J connectivity index is 0.00000289. The van der Waals surface area contributed by atoms with Gasteiger partial charge in [-0.05, 0) is 41.8 Å². The Bertz CT molecular complexity index is 1430. The second-order valence-electron chi connectivity index (χ2n) is 7.95. The molecule has 1 aliphatic rings. The number of nitrogens with one attached hydrogen (secondary N) is 1. The van der Waals surface area contributed by atoms with E-state index in [0.29, 0.717) is 36.3 Å². The number of rotatable bonds is 6. The number of sulfonamides is 1. The quantitative estimate of drug-likeness (QED) is 0.415. The Morgan fingerprint density at radius 2 is 1.94 bits per heavy atom. The summed E-state index contributed by atoms with van der Waals surface area (Å²) in [5.41, 5.74) is 1.74. The summed E-state index contributed by atoms with van der Waals surface area (Å²) in [6.07, 6.45) is 3.45. The summed E-state index contributed by atoms with van der Waals surface area (Å²) in [6.45, 7) is 2.61. The average molecular weight is 518 g/mol. The van der Waals surface area contributed by atoms with E-state index in [1.165, 1.54) is 11.3 Å². The summed E-state index contributed by atoms with van der Waals surface area (Å²) in [4.78, 5) is 21.0. The van der Waals surface area contributed by atoms with E-state index in [0.717, 1.165) is 16.6 Å². The molecule has 0 aliphatic carbocycles. The minimum Gasteiger partial charge on any atom is -0.368 e. The number of hydrogen-bond acceptors (Lipinski definition) is 6. The second-order valence-corrected chi connectivity index (χ2v) is 11.0. The number of anilines is 2. The number of hydrogen-bond donors (Lipinski definition) is 1. The van der Waals surface area contributed by atoms with E-state index < -0.39 is 10.0 Å². The van der Waals surface area contributed by atoms with E-state index in [1.54, 1.807) is 29.8 Å². The third kappa shape index (κ3) is 4.75. The molecule has 0 radical (unpaired) electrons. The highest BCUT2D eigenvalue weighted by Gasteiger charge is 2.23. The lowest BCUT2D eigenvalue weighted by molar-refractivity contribution is -0.132. The van der Waals surface area contributed by atoms with Crippen molar-refractivity contribution in [1.82, 2.24) is 14.5 Å². The van der Waals surface area contributed by atoms with Gasteiger partial charge in [-0.25, -0.2) is 13.4 Å². The van der Waals surface area contributed by atoms with Crippen molar-refractivity contribution in [3.05, 3.63) is 71.3 Å². The van der Waals surface area contributed by atoms with E-state index in [4.69, 9.17) is 11.6 Å². The van der Waals surface area contributed by atoms with Crippen molar-refractivity contribution in [2.75, 3.05) is 35.8 Å². The topological polar surface area (TPSA) is 87.5 Å². The fourth-order valence-corrected chi connectivity index (χ4v) is 6.04.